The smallest absolute Gasteiger partial charge is 0.358 e. The van der Waals surface area contributed by atoms with Gasteiger partial charge in [0.05, 0.1) is 11.4 Å². The van der Waals surface area contributed by atoms with E-state index in [0.29, 0.717) is 11.4 Å². The summed E-state index contributed by atoms with van der Waals surface area (Å²) in [5.41, 5.74) is -0.143. The van der Waals surface area contributed by atoms with Gasteiger partial charge < -0.3 is 15.4 Å². The van der Waals surface area contributed by atoms with E-state index in [4.69, 9.17) is 4.74 Å². The molecule has 28 heavy (non-hydrogen) atoms. The van der Waals surface area contributed by atoms with Gasteiger partial charge in [0.1, 0.15) is 5.54 Å². The van der Waals surface area contributed by atoms with Crippen LogP contribution in [0.2, 0.25) is 0 Å². The molecule has 3 amide bonds. The zero-order chi connectivity index (χ0) is 20.5. The number of amides is 3. The highest BCUT2D eigenvalue weighted by Gasteiger charge is 2.43. The van der Waals surface area contributed by atoms with Gasteiger partial charge in [-0.25, -0.2) is 9.78 Å². The van der Waals surface area contributed by atoms with Crippen molar-refractivity contribution in [1.82, 2.24) is 4.98 Å². The van der Waals surface area contributed by atoms with Crippen LogP contribution in [0.1, 0.15) is 31.3 Å². The minimum absolute atomic E-state index is 0.0161. The van der Waals surface area contributed by atoms with Gasteiger partial charge in [0.15, 0.2) is 17.4 Å². The van der Waals surface area contributed by atoms with Gasteiger partial charge in [-0.15, -0.1) is 11.3 Å². The first-order valence-corrected chi connectivity index (χ1v) is 9.22. The first kappa shape index (κ1) is 19.5. The van der Waals surface area contributed by atoms with E-state index in [2.05, 4.69) is 15.6 Å². The topological polar surface area (TPSA) is 118 Å². The maximum absolute atomic E-state index is 12.8. The molecule has 0 atom stereocenters. The van der Waals surface area contributed by atoms with Crippen molar-refractivity contribution in [2.24, 2.45) is 0 Å². The van der Waals surface area contributed by atoms with E-state index < -0.39 is 24.0 Å². The molecule has 3 rings (SSSR count). The Balaban J connectivity index is 1.73. The Morgan fingerprint density at radius 2 is 2.00 bits per heavy atom. The molecule has 10 heteroatoms. The van der Waals surface area contributed by atoms with Gasteiger partial charge >= 0.3 is 5.97 Å². The van der Waals surface area contributed by atoms with Crippen molar-refractivity contribution in [3.63, 3.8) is 0 Å². The minimum Gasteiger partial charge on any atom is -0.451 e. The number of carbonyl (C=O) groups excluding carboxylic acids is 4. The molecule has 0 saturated carbocycles. The van der Waals surface area contributed by atoms with E-state index in [1.807, 2.05) is 0 Å². The second-order valence-electron chi connectivity index (χ2n) is 6.55. The number of ether oxygens (including phenoxy) is 1. The van der Waals surface area contributed by atoms with Crippen LogP contribution in [0.5, 0.6) is 0 Å². The first-order chi connectivity index (χ1) is 13.2. The number of rotatable bonds is 4. The lowest BCUT2D eigenvalue weighted by Crippen LogP contribution is -2.59. The van der Waals surface area contributed by atoms with Crippen LogP contribution in [0.25, 0.3) is 0 Å². The van der Waals surface area contributed by atoms with E-state index in [-0.39, 0.29) is 22.6 Å². The predicted octanol–water partition coefficient (Wildman–Crippen LogP) is 2.02. The van der Waals surface area contributed by atoms with Gasteiger partial charge in [-0.3, -0.25) is 19.3 Å². The molecule has 0 fully saturated rings. The van der Waals surface area contributed by atoms with E-state index in [0.717, 1.165) is 11.3 Å². The largest absolute Gasteiger partial charge is 0.451 e. The van der Waals surface area contributed by atoms with E-state index in [9.17, 15) is 19.2 Å². The zero-order valence-corrected chi connectivity index (χ0v) is 16.3. The second kappa shape index (κ2) is 7.39. The molecule has 0 bridgehead atoms. The fraction of sp³-hybridized carbons (Fsp3) is 0.278. The highest BCUT2D eigenvalue weighted by Crippen LogP contribution is 2.36. The molecule has 2 N–H and O–H groups in total. The number of carbonyl (C=O) groups is 4. The number of thiazole rings is 1. The quantitative estimate of drug-likeness (QED) is 0.756. The second-order valence-corrected chi connectivity index (χ2v) is 7.41. The molecule has 146 valence electrons. The Hall–Kier alpha value is -3.27. The molecule has 0 radical (unpaired) electrons. The van der Waals surface area contributed by atoms with Crippen LogP contribution in [0.15, 0.2) is 29.6 Å². The van der Waals surface area contributed by atoms with E-state index >= 15 is 0 Å². The summed E-state index contributed by atoms with van der Waals surface area (Å²) in [4.78, 5) is 53.6. The highest BCUT2D eigenvalue weighted by molar-refractivity contribution is 7.14. The summed E-state index contributed by atoms with van der Waals surface area (Å²) < 4.78 is 5.07. The monoisotopic (exact) mass is 402 g/mol. The number of benzene rings is 1. The van der Waals surface area contributed by atoms with Crippen LogP contribution < -0.4 is 15.5 Å². The number of para-hydroxylation sites is 2. The summed E-state index contributed by atoms with van der Waals surface area (Å²) in [7, 11) is 0. The number of nitrogens with one attached hydrogen (secondary N) is 2. The fourth-order valence-corrected chi connectivity index (χ4v) is 3.47. The van der Waals surface area contributed by atoms with Gasteiger partial charge in [0.2, 0.25) is 11.8 Å². The van der Waals surface area contributed by atoms with Crippen molar-refractivity contribution in [2.75, 3.05) is 22.1 Å². The Kier molecular flexibility index (Phi) is 5.14. The van der Waals surface area contributed by atoms with E-state index in [1.165, 1.54) is 17.2 Å². The number of anilines is 3. The third-order valence-electron chi connectivity index (χ3n) is 4.08. The molecule has 1 aromatic heterocycles. The maximum atomic E-state index is 12.8. The van der Waals surface area contributed by atoms with E-state index in [1.54, 1.807) is 38.1 Å². The molecule has 0 spiro atoms. The van der Waals surface area contributed by atoms with Crippen molar-refractivity contribution in [1.29, 1.82) is 0 Å². The minimum atomic E-state index is -1.16. The van der Waals surface area contributed by atoms with Crippen molar-refractivity contribution < 1.29 is 23.9 Å². The number of nitrogens with zero attached hydrogens (tertiary/aromatic N) is 2. The van der Waals surface area contributed by atoms with Gasteiger partial charge in [-0.2, -0.15) is 0 Å². The first-order valence-electron chi connectivity index (χ1n) is 8.34. The molecule has 0 aliphatic carbocycles. The molecule has 1 aromatic carbocycles. The number of hydrogen-bond acceptors (Lipinski definition) is 7. The predicted molar refractivity (Wildman–Crippen MR) is 103 cm³/mol. The Morgan fingerprint density at radius 3 is 2.71 bits per heavy atom. The van der Waals surface area contributed by atoms with Gasteiger partial charge in [0, 0.05) is 12.3 Å². The van der Waals surface area contributed by atoms with Crippen LogP contribution in [0.3, 0.4) is 0 Å². The summed E-state index contributed by atoms with van der Waals surface area (Å²) in [6.45, 7) is 3.99. The summed E-state index contributed by atoms with van der Waals surface area (Å²) in [5.74, 6) is -1.99. The highest BCUT2D eigenvalue weighted by atomic mass is 32.1. The summed E-state index contributed by atoms with van der Waals surface area (Å²) in [6.07, 6.45) is 0. The normalized spacial score (nSPS) is 14.7. The molecule has 0 saturated heterocycles. The Morgan fingerprint density at radius 1 is 1.29 bits per heavy atom. The molecule has 1 aliphatic heterocycles. The molecular formula is C18H18N4O5S. The SMILES string of the molecule is CC(=O)Nc1nc(C(=O)OCC(=O)N2c3ccccc3NC(=O)C2(C)C)cs1. The third-order valence-corrected chi connectivity index (χ3v) is 4.84. The van der Waals surface area contributed by atoms with Crippen LogP contribution in [0.4, 0.5) is 16.5 Å². The van der Waals surface area contributed by atoms with Crippen LogP contribution in [-0.2, 0) is 19.1 Å². The fourth-order valence-electron chi connectivity index (χ4n) is 2.74. The maximum Gasteiger partial charge on any atom is 0.358 e. The lowest BCUT2D eigenvalue weighted by atomic mass is 9.96. The molecule has 2 heterocycles. The standard InChI is InChI=1S/C18H18N4O5S/c1-10(23)19-17-21-12(9-28-17)15(25)27-8-14(24)22-13-7-5-4-6-11(13)20-16(26)18(22,2)3/h4-7,9H,8H2,1-3H3,(H,20,26)(H,19,21,23). The molecule has 9 nitrogen and oxygen atoms in total. The molecule has 1 aliphatic rings. The number of fused-ring (bicyclic) bond motifs is 1. The molecular weight excluding hydrogens is 384 g/mol. The van der Waals surface area contributed by atoms with Gasteiger partial charge in [0.25, 0.3) is 5.91 Å². The molecule has 2 aromatic rings. The summed E-state index contributed by atoms with van der Waals surface area (Å²) >= 11 is 1.07. The summed E-state index contributed by atoms with van der Waals surface area (Å²) in [6, 6.07) is 6.89. The average Bonchev–Trinajstić information content (AvgIpc) is 3.08. The lowest BCUT2D eigenvalue weighted by Gasteiger charge is -2.41. The number of esters is 1. The number of aromatic nitrogens is 1. The van der Waals surface area contributed by atoms with Crippen LogP contribution >= 0.6 is 11.3 Å². The van der Waals surface area contributed by atoms with Crippen LogP contribution in [-0.4, -0.2) is 40.8 Å². The van der Waals surface area contributed by atoms with Gasteiger partial charge in [-0.05, 0) is 26.0 Å². The van der Waals surface area contributed by atoms with Crippen molar-refractivity contribution in [3.8, 4) is 0 Å². The van der Waals surface area contributed by atoms with Crippen molar-refractivity contribution >= 4 is 51.5 Å². The Bertz CT molecular complexity index is 968. The third kappa shape index (κ3) is 3.72. The Labute approximate surface area is 164 Å². The average molecular weight is 402 g/mol. The lowest BCUT2D eigenvalue weighted by molar-refractivity contribution is -0.128. The van der Waals surface area contributed by atoms with Crippen molar-refractivity contribution in [3.05, 3.63) is 35.3 Å². The summed E-state index contributed by atoms with van der Waals surface area (Å²) in [5, 5.41) is 6.90. The van der Waals surface area contributed by atoms with Crippen LogP contribution in [0, 0.1) is 0 Å². The number of hydrogen-bond donors (Lipinski definition) is 2. The van der Waals surface area contributed by atoms with Gasteiger partial charge in [-0.1, -0.05) is 12.1 Å². The van der Waals surface area contributed by atoms with Crippen molar-refractivity contribution in [2.45, 2.75) is 26.3 Å². The molecule has 0 unspecified atom stereocenters. The zero-order valence-electron chi connectivity index (χ0n) is 15.4.